The maximum atomic E-state index is 12.0. The van der Waals surface area contributed by atoms with Crippen molar-refractivity contribution in [2.45, 2.75) is 77.2 Å². The Bertz CT molecular complexity index is 322. The first-order valence-corrected chi connectivity index (χ1v) is 8.79. The summed E-state index contributed by atoms with van der Waals surface area (Å²) in [5.74, 6) is -1.39. The lowest BCUT2D eigenvalue weighted by Gasteiger charge is -2.22. The number of aliphatic carboxylic acids is 1. The lowest BCUT2D eigenvalue weighted by Crippen LogP contribution is -2.41. The molecule has 0 rings (SSSR count). The van der Waals surface area contributed by atoms with Gasteiger partial charge in [0, 0.05) is 13.0 Å². The molecule has 0 fully saturated rings. The smallest absolute Gasteiger partial charge is 0.323 e. The van der Waals surface area contributed by atoms with E-state index in [-0.39, 0.29) is 12.5 Å². The number of carboxylic acids is 1. The van der Waals surface area contributed by atoms with Crippen LogP contribution in [0.15, 0.2) is 0 Å². The van der Waals surface area contributed by atoms with E-state index in [0.717, 1.165) is 24.2 Å². The lowest BCUT2D eigenvalue weighted by atomic mass is 10.1. The molecule has 3 N–H and O–H groups in total. The quantitative estimate of drug-likeness (QED) is 0.400. The second-order valence-corrected chi connectivity index (χ2v) is 6.08. The van der Waals surface area contributed by atoms with Gasteiger partial charge in [0.2, 0.25) is 5.91 Å². The van der Waals surface area contributed by atoms with Crippen LogP contribution >= 0.6 is 0 Å². The summed E-state index contributed by atoms with van der Waals surface area (Å²) in [6.07, 6.45) is 9.53. The molecule has 0 aliphatic carbocycles. The molecule has 0 aromatic heterocycles. The Balaban J connectivity index is 3.83. The van der Waals surface area contributed by atoms with Gasteiger partial charge in [-0.3, -0.25) is 9.59 Å². The van der Waals surface area contributed by atoms with E-state index in [1.54, 1.807) is 0 Å². The standard InChI is InChI=1S/C17H33NO5/c1-2-3-4-5-6-7-8-9-10-11-16(21)18(13-17(22)23)12-15(20)14-19/h15,19-20H,2-14H2,1H3,(H,22,23). The summed E-state index contributed by atoms with van der Waals surface area (Å²) in [6, 6.07) is 0. The minimum Gasteiger partial charge on any atom is -0.480 e. The zero-order valence-corrected chi connectivity index (χ0v) is 14.4. The number of carboxylic acid groups (broad SMARTS) is 1. The monoisotopic (exact) mass is 331 g/mol. The Morgan fingerprint density at radius 3 is 1.96 bits per heavy atom. The summed E-state index contributed by atoms with van der Waals surface area (Å²) in [4.78, 5) is 23.9. The van der Waals surface area contributed by atoms with E-state index in [0.29, 0.717) is 6.42 Å². The predicted molar refractivity (Wildman–Crippen MR) is 89.2 cm³/mol. The third kappa shape index (κ3) is 13.0. The molecule has 0 bridgehead atoms. The molecule has 0 saturated carbocycles. The molecule has 1 unspecified atom stereocenters. The molecule has 0 aromatic rings. The van der Waals surface area contributed by atoms with Gasteiger partial charge < -0.3 is 20.2 Å². The van der Waals surface area contributed by atoms with Crippen LogP contribution in [0.2, 0.25) is 0 Å². The molecule has 0 aromatic carbocycles. The van der Waals surface area contributed by atoms with Crippen LogP contribution in [0.3, 0.4) is 0 Å². The van der Waals surface area contributed by atoms with E-state index in [9.17, 15) is 14.7 Å². The summed E-state index contributed by atoms with van der Waals surface area (Å²) in [7, 11) is 0. The lowest BCUT2D eigenvalue weighted by molar-refractivity contribution is -0.145. The van der Waals surface area contributed by atoms with Gasteiger partial charge in [0.15, 0.2) is 0 Å². The topological polar surface area (TPSA) is 98.1 Å². The van der Waals surface area contributed by atoms with Crippen molar-refractivity contribution < 1.29 is 24.9 Å². The van der Waals surface area contributed by atoms with Gasteiger partial charge in [0.05, 0.1) is 12.7 Å². The van der Waals surface area contributed by atoms with Gasteiger partial charge in [-0.25, -0.2) is 0 Å². The Kier molecular flexibility index (Phi) is 13.7. The summed E-state index contributed by atoms with van der Waals surface area (Å²) in [5, 5.41) is 27.0. The molecule has 1 atom stereocenters. The average molecular weight is 331 g/mol. The van der Waals surface area contributed by atoms with Gasteiger partial charge >= 0.3 is 5.97 Å². The predicted octanol–water partition coefficient (Wildman–Crippen LogP) is 2.17. The Labute approximate surface area is 139 Å². The number of nitrogens with zero attached hydrogens (tertiary/aromatic N) is 1. The van der Waals surface area contributed by atoms with Crippen LogP contribution < -0.4 is 0 Å². The minimum absolute atomic E-state index is 0.140. The Morgan fingerprint density at radius 1 is 0.957 bits per heavy atom. The molecule has 1 amide bonds. The fourth-order valence-electron chi connectivity index (χ4n) is 2.47. The third-order valence-electron chi connectivity index (χ3n) is 3.81. The highest BCUT2D eigenvalue weighted by atomic mass is 16.4. The molecule has 6 nitrogen and oxygen atoms in total. The van der Waals surface area contributed by atoms with Crippen molar-refractivity contribution in [3.05, 3.63) is 0 Å². The van der Waals surface area contributed by atoms with Crippen molar-refractivity contribution in [1.82, 2.24) is 4.90 Å². The van der Waals surface area contributed by atoms with Crippen molar-refractivity contribution in [3.8, 4) is 0 Å². The van der Waals surface area contributed by atoms with Crippen LogP contribution in [0.5, 0.6) is 0 Å². The molecule has 0 heterocycles. The molecule has 0 aliphatic heterocycles. The fourth-order valence-corrected chi connectivity index (χ4v) is 2.47. The van der Waals surface area contributed by atoms with Crippen LogP contribution in [0, 0.1) is 0 Å². The normalized spacial score (nSPS) is 12.1. The molecule has 136 valence electrons. The molecule has 0 spiro atoms. The molecule has 0 saturated heterocycles. The zero-order valence-electron chi connectivity index (χ0n) is 14.4. The highest BCUT2D eigenvalue weighted by molar-refractivity contribution is 5.81. The van der Waals surface area contributed by atoms with Crippen LogP contribution in [0.4, 0.5) is 0 Å². The molecular formula is C17H33NO5. The van der Waals surface area contributed by atoms with Gasteiger partial charge in [-0.15, -0.1) is 0 Å². The van der Waals surface area contributed by atoms with Crippen LogP contribution in [-0.2, 0) is 9.59 Å². The van der Waals surface area contributed by atoms with Gasteiger partial charge in [-0.1, -0.05) is 58.3 Å². The number of carbonyl (C=O) groups excluding carboxylic acids is 1. The van der Waals surface area contributed by atoms with Gasteiger partial charge in [0.25, 0.3) is 0 Å². The molecule has 0 radical (unpaired) electrons. The molecule has 23 heavy (non-hydrogen) atoms. The average Bonchev–Trinajstić information content (AvgIpc) is 2.51. The van der Waals surface area contributed by atoms with Crippen LogP contribution in [0.25, 0.3) is 0 Å². The summed E-state index contributed by atoms with van der Waals surface area (Å²) in [5.41, 5.74) is 0. The highest BCUT2D eigenvalue weighted by Gasteiger charge is 2.19. The second kappa shape index (κ2) is 14.5. The Morgan fingerprint density at radius 2 is 1.48 bits per heavy atom. The van der Waals surface area contributed by atoms with E-state index >= 15 is 0 Å². The first kappa shape index (κ1) is 21.9. The number of aliphatic hydroxyl groups is 2. The van der Waals surface area contributed by atoms with E-state index < -0.39 is 25.2 Å². The first-order valence-electron chi connectivity index (χ1n) is 8.79. The van der Waals surface area contributed by atoms with Crippen molar-refractivity contribution in [1.29, 1.82) is 0 Å². The maximum absolute atomic E-state index is 12.0. The summed E-state index contributed by atoms with van der Waals surface area (Å²) >= 11 is 0. The van der Waals surface area contributed by atoms with E-state index in [2.05, 4.69) is 6.92 Å². The van der Waals surface area contributed by atoms with Gasteiger partial charge in [0.1, 0.15) is 6.54 Å². The largest absolute Gasteiger partial charge is 0.480 e. The summed E-state index contributed by atoms with van der Waals surface area (Å²) in [6.45, 7) is 1.14. The van der Waals surface area contributed by atoms with Crippen molar-refractivity contribution in [2.75, 3.05) is 19.7 Å². The highest BCUT2D eigenvalue weighted by Crippen LogP contribution is 2.11. The van der Waals surface area contributed by atoms with Crippen molar-refractivity contribution in [2.24, 2.45) is 0 Å². The van der Waals surface area contributed by atoms with Crippen molar-refractivity contribution >= 4 is 11.9 Å². The third-order valence-corrected chi connectivity index (χ3v) is 3.81. The van der Waals surface area contributed by atoms with E-state index in [1.165, 1.54) is 38.5 Å². The molecular weight excluding hydrogens is 298 g/mol. The van der Waals surface area contributed by atoms with Crippen LogP contribution in [-0.4, -0.2) is 57.9 Å². The number of aliphatic hydroxyl groups excluding tert-OH is 2. The summed E-state index contributed by atoms with van der Waals surface area (Å²) < 4.78 is 0. The fraction of sp³-hybridized carbons (Fsp3) is 0.882. The number of hydrogen-bond acceptors (Lipinski definition) is 4. The molecule has 6 heteroatoms. The number of amides is 1. The zero-order chi connectivity index (χ0) is 17.5. The SMILES string of the molecule is CCCCCCCCCCCC(=O)N(CC(=O)O)CC(O)CO. The van der Waals surface area contributed by atoms with E-state index in [4.69, 9.17) is 10.2 Å². The minimum atomic E-state index is -1.12. The van der Waals surface area contributed by atoms with Crippen LogP contribution in [0.1, 0.15) is 71.1 Å². The first-order chi connectivity index (χ1) is 11.0. The molecule has 0 aliphatic rings. The Hall–Kier alpha value is -1.14. The van der Waals surface area contributed by atoms with Gasteiger partial charge in [-0.2, -0.15) is 0 Å². The van der Waals surface area contributed by atoms with Gasteiger partial charge in [-0.05, 0) is 6.42 Å². The number of rotatable bonds is 15. The number of unbranched alkanes of at least 4 members (excludes halogenated alkanes) is 8. The maximum Gasteiger partial charge on any atom is 0.323 e. The van der Waals surface area contributed by atoms with Crippen molar-refractivity contribution in [3.63, 3.8) is 0 Å². The number of hydrogen-bond donors (Lipinski definition) is 3. The second-order valence-electron chi connectivity index (χ2n) is 6.08. The number of carbonyl (C=O) groups is 2. The van der Waals surface area contributed by atoms with E-state index in [1.807, 2.05) is 0 Å².